The van der Waals surface area contributed by atoms with Crippen LogP contribution in [-0.4, -0.2) is 19.8 Å². The largest absolute Gasteiger partial charge is 0.381 e. The van der Waals surface area contributed by atoms with Crippen LogP contribution >= 0.6 is 0 Å². The van der Waals surface area contributed by atoms with Gasteiger partial charge < -0.3 is 10.1 Å². The molecule has 108 valence electrons. The number of hydrogen-bond acceptors (Lipinski definition) is 2. The zero-order valence-corrected chi connectivity index (χ0v) is 11.9. The van der Waals surface area contributed by atoms with Gasteiger partial charge >= 0.3 is 0 Å². The molecule has 0 bridgehead atoms. The van der Waals surface area contributed by atoms with Gasteiger partial charge in [0.05, 0.1) is 0 Å². The molecular weight excluding hydrogens is 248 g/mol. The van der Waals surface area contributed by atoms with Crippen molar-refractivity contribution < 1.29 is 13.5 Å². The van der Waals surface area contributed by atoms with Crippen molar-refractivity contribution in [1.29, 1.82) is 0 Å². The smallest absolute Gasteiger partial charge is 0.128 e. The lowest BCUT2D eigenvalue weighted by Crippen LogP contribution is -2.22. The van der Waals surface area contributed by atoms with E-state index in [2.05, 4.69) is 19.2 Å². The fourth-order valence-corrected chi connectivity index (χ4v) is 1.77. The lowest BCUT2D eigenvalue weighted by Gasteiger charge is -2.15. The maximum Gasteiger partial charge on any atom is 0.128 e. The summed E-state index contributed by atoms with van der Waals surface area (Å²) in [5.41, 5.74) is 0.364. The van der Waals surface area contributed by atoms with Gasteiger partial charge in [-0.05, 0) is 44.0 Å². The molecule has 1 aromatic rings. The number of nitrogens with one attached hydrogen (secondary N) is 1. The van der Waals surface area contributed by atoms with E-state index in [1.807, 2.05) is 6.92 Å². The second-order valence-corrected chi connectivity index (χ2v) is 5.16. The number of hydrogen-bond donors (Lipinski definition) is 1. The zero-order valence-electron chi connectivity index (χ0n) is 11.9. The highest BCUT2D eigenvalue weighted by atomic mass is 19.1. The quantitative estimate of drug-likeness (QED) is 0.728. The molecule has 0 saturated carbocycles. The molecule has 0 fully saturated rings. The van der Waals surface area contributed by atoms with Crippen LogP contribution in [0, 0.1) is 17.6 Å². The van der Waals surface area contributed by atoms with E-state index >= 15 is 0 Å². The average molecular weight is 271 g/mol. The Morgan fingerprint density at radius 1 is 1.21 bits per heavy atom. The molecule has 0 aliphatic heterocycles. The Balaban J connectivity index is 2.27. The van der Waals surface area contributed by atoms with Crippen LogP contribution in [0.15, 0.2) is 18.2 Å². The lowest BCUT2D eigenvalue weighted by molar-refractivity contribution is 0.107. The van der Waals surface area contributed by atoms with Crippen LogP contribution in [0.5, 0.6) is 0 Å². The van der Waals surface area contributed by atoms with E-state index in [-0.39, 0.29) is 11.9 Å². The summed E-state index contributed by atoms with van der Waals surface area (Å²) in [6.45, 7) is 8.19. The third kappa shape index (κ3) is 6.12. The van der Waals surface area contributed by atoms with Crippen LogP contribution in [0.3, 0.4) is 0 Å². The first-order valence-electron chi connectivity index (χ1n) is 6.76. The van der Waals surface area contributed by atoms with Crippen LogP contribution in [0.2, 0.25) is 0 Å². The summed E-state index contributed by atoms with van der Waals surface area (Å²) in [6, 6.07) is 3.32. The molecule has 1 atom stereocenters. The van der Waals surface area contributed by atoms with Gasteiger partial charge in [0.2, 0.25) is 0 Å². The molecule has 1 rings (SSSR count). The van der Waals surface area contributed by atoms with Gasteiger partial charge in [0.1, 0.15) is 11.6 Å². The maximum absolute atomic E-state index is 13.5. The van der Waals surface area contributed by atoms with E-state index in [9.17, 15) is 8.78 Å². The minimum Gasteiger partial charge on any atom is -0.381 e. The second kappa shape index (κ2) is 8.23. The highest BCUT2D eigenvalue weighted by molar-refractivity contribution is 5.21. The number of ether oxygens (including phenoxy) is 1. The summed E-state index contributed by atoms with van der Waals surface area (Å²) in [5.74, 6) is -0.254. The molecule has 1 unspecified atom stereocenters. The van der Waals surface area contributed by atoms with E-state index in [1.54, 1.807) is 0 Å². The van der Waals surface area contributed by atoms with Crippen LogP contribution in [-0.2, 0) is 4.74 Å². The van der Waals surface area contributed by atoms with Crippen molar-refractivity contribution in [2.75, 3.05) is 19.8 Å². The minimum atomic E-state index is -0.412. The van der Waals surface area contributed by atoms with Gasteiger partial charge in [0.25, 0.3) is 0 Å². The van der Waals surface area contributed by atoms with E-state index in [0.29, 0.717) is 18.1 Å². The predicted molar refractivity (Wildman–Crippen MR) is 73.0 cm³/mol. The van der Waals surface area contributed by atoms with Crippen LogP contribution in [0.4, 0.5) is 8.78 Å². The molecule has 0 aliphatic carbocycles. The summed E-state index contributed by atoms with van der Waals surface area (Å²) in [7, 11) is 0. The molecule has 0 aliphatic rings. The molecule has 19 heavy (non-hydrogen) atoms. The Labute approximate surface area is 114 Å². The minimum absolute atomic E-state index is 0.208. The molecule has 0 amide bonds. The van der Waals surface area contributed by atoms with Gasteiger partial charge in [-0.25, -0.2) is 8.78 Å². The van der Waals surface area contributed by atoms with Gasteiger partial charge in [-0.2, -0.15) is 0 Å². The maximum atomic E-state index is 13.5. The molecule has 1 aromatic carbocycles. The lowest BCUT2D eigenvalue weighted by atomic mass is 10.1. The Morgan fingerprint density at radius 3 is 2.63 bits per heavy atom. The van der Waals surface area contributed by atoms with Gasteiger partial charge in [0.15, 0.2) is 0 Å². The Kier molecular flexibility index (Phi) is 6.95. The van der Waals surface area contributed by atoms with Crippen molar-refractivity contribution in [3.63, 3.8) is 0 Å². The van der Waals surface area contributed by atoms with E-state index in [4.69, 9.17) is 4.74 Å². The van der Waals surface area contributed by atoms with Crippen molar-refractivity contribution in [3.05, 3.63) is 35.4 Å². The molecular formula is C15H23F2NO. The van der Waals surface area contributed by atoms with Gasteiger partial charge in [-0.15, -0.1) is 0 Å². The van der Waals surface area contributed by atoms with Gasteiger partial charge in [0, 0.05) is 24.8 Å². The fraction of sp³-hybridized carbons (Fsp3) is 0.600. The summed E-state index contributed by atoms with van der Waals surface area (Å²) in [5, 5.41) is 3.17. The van der Waals surface area contributed by atoms with Gasteiger partial charge in [-0.3, -0.25) is 0 Å². The number of rotatable bonds is 8. The molecule has 0 saturated heterocycles. The SMILES string of the molecule is CC(C)COCCCNC(C)c1cc(F)ccc1F. The summed E-state index contributed by atoms with van der Waals surface area (Å²) >= 11 is 0. The van der Waals surface area contributed by atoms with E-state index < -0.39 is 5.82 Å². The van der Waals surface area contributed by atoms with Crippen molar-refractivity contribution in [2.45, 2.75) is 33.2 Å². The normalized spacial score (nSPS) is 12.9. The summed E-state index contributed by atoms with van der Waals surface area (Å²) in [6.07, 6.45) is 0.855. The molecule has 4 heteroatoms. The first kappa shape index (κ1) is 16.1. The topological polar surface area (TPSA) is 21.3 Å². The predicted octanol–water partition coefficient (Wildman–Crippen LogP) is 3.68. The monoisotopic (exact) mass is 271 g/mol. The van der Waals surface area contributed by atoms with E-state index in [0.717, 1.165) is 31.7 Å². The van der Waals surface area contributed by atoms with Crippen molar-refractivity contribution >= 4 is 0 Å². The molecule has 0 aromatic heterocycles. The van der Waals surface area contributed by atoms with Gasteiger partial charge in [-0.1, -0.05) is 13.8 Å². The van der Waals surface area contributed by atoms with Crippen LogP contribution in [0.1, 0.15) is 38.8 Å². The number of benzene rings is 1. The Bertz CT molecular complexity index is 382. The second-order valence-electron chi connectivity index (χ2n) is 5.16. The first-order valence-corrected chi connectivity index (χ1v) is 6.76. The third-order valence-corrected chi connectivity index (χ3v) is 2.79. The van der Waals surface area contributed by atoms with Crippen molar-refractivity contribution in [3.8, 4) is 0 Å². The molecule has 2 nitrogen and oxygen atoms in total. The Hall–Kier alpha value is -1.00. The molecule has 0 spiro atoms. The Morgan fingerprint density at radius 2 is 1.95 bits per heavy atom. The summed E-state index contributed by atoms with van der Waals surface area (Å²) < 4.78 is 32.0. The fourth-order valence-electron chi connectivity index (χ4n) is 1.77. The highest BCUT2D eigenvalue weighted by Gasteiger charge is 2.11. The molecule has 0 heterocycles. The van der Waals surface area contributed by atoms with Crippen molar-refractivity contribution in [1.82, 2.24) is 5.32 Å². The standard InChI is InChI=1S/C15H23F2NO/c1-11(2)10-19-8-4-7-18-12(3)14-9-13(16)5-6-15(14)17/h5-6,9,11-12,18H,4,7-8,10H2,1-3H3. The summed E-state index contributed by atoms with van der Waals surface area (Å²) in [4.78, 5) is 0. The van der Waals surface area contributed by atoms with Crippen LogP contribution in [0.25, 0.3) is 0 Å². The molecule has 1 N–H and O–H groups in total. The number of halogens is 2. The van der Waals surface area contributed by atoms with E-state index in [1.165, 1.54) is 6.07 Å². The zero-order chi connectivity index (χ0) is 14.3. The first-order chi connectivity index (χ1) is 9.00. The molecule has 0 radical (unpaired) electrons. The third-order valence-electron chi connectivity index (χ3n) is 2.79. The van der Waals surface area contributed by atoms with Crippen LogP contribution < -0.4 is 5.32 Å². The highest BCUT2D eigenvalue weighted by Crippen LogP contribution is 2.17. The average Bonchev–Trinajstić information content (AvgIpc) is 2.36. The van der Waals surface area contributed by atoms with Crippen molar-refractivity contribution in [2.24, 2.45) is 5.92 Å².